The van der Waals surface area contributed by atoms with Gasteiger partial charge in [-0.3, -0.25) is 5.43 Å². The van der Waals surface area contributed by atoms with Crippen LogP contribution < -0.4 is 11.1 Å². The molecule has 0 heterocycles. The molecule has 0 atom stereocenters. The van der Waals surface area contributed by atoms with Crippen LogP contribution in [0.25, 0.3) is 0 Å². The van der Waals surface area contributed by atoms with Crippen molar-refractivity contribution in [3.63, 3.8) is 0 Å². The Labute approximate surface area is 56.8 Å². The molecule has 0 aliphatic heterocycles. The zero-order valence-electron chi connectivity index (χ0n) is 5.07. The third kappa shape index (κ3) is 1.66. The van der Waals surface area contributed by atoms with Crippen molar-refractivity contribution < 1.29 is 8.87 Å². The van der Waals surface area contributed by atoms with Crippen molar-refractivity contribution in [2.24, 2.45) is 0 Å². The molecule has 0 aliphatic carbocycles. The summed E-state index contributed by atoms with van der Waals surface area (Å²) >= 11 is 0. The van der Waals surface area contributed by atoms with Gasteiger partial charge in [-0.25, -0.2) is 4.39 Å². The van der Waals surface area contributed by atoms with Gasteiger partial charge < -0.3 is 0 Å². The predicted octanol–water partition coefficient (Wildman–Crippen LogP) is 1.63. The van der Waals surface area contributed by atoms with E-state index in [1.165, 1.54) is 29.9 Å². The second kappa shape index (κ2) is 3.12. The van der Waals surface area contributed by atoms with Crippen LogP contribution in [0.15, 0.2) is 24.3 Å². The summed E-state index contributed by atoms with van der Waals surface area (Å²) in [5.41, 5.74) is 3.86. The van der Waals surface area contributed by atoms with Crippen molar-refractivity contribution in [2.75, 3.05) is 5.43 Å². The summed E-state index contributed by atoms with van der Waals surface area (Å²) in [5.74, 6) is -0.343. The van der Waals surface area contributed by atoms with Crippen LogP contribution in [0.1, 0.15) is 0 Å². The maximum Gasteiger partial charge on any atom is 0.123 e. The topological polar surface area (TPSA) is 24.1 Å². The van der Waals surface area contributed by atoms with Gasteiger partial charge in [0, 0.05) is 0 Å². The Morgan fingerprint density at radius 2 is 1.70 bits per heavy atom. The summed E-state index contributed by atoms with van der Waals surface area (Å²) in [5, 5.41) is 0. The Kier molecular flexibility index (Phi) is 2.17. The van der Waals surface area contributed by atoms with Crippen LogP contribution in [0, 0.1) is 5.82 Å². The fraction of sp³-hybridized carbons (Fsp3) is 0. The third-order valence-corrected chi connectivity index (χ3v) is 1.04. The molecule has 0 aromatic heterocycles. The number of benzene rings is 1. The first-order valence-corrected chi connectivity index (χ1v) is 2.70. The first kappa shape index (κ1) is 6.95. The zero-order valence-corrected chi connectivity index (χ0v) is 5.07. The molecule has 1 aromatic rings. The molecule has 0 unspecified atom stereocenters. The van der Waals surface area contributed by atoms with E-state index in [4.69, 9.17) is 0 Å². The molecule has 2 nitrogen and oxygen atoms in total. The van der Waals surface area contributed by atoms with Crippen LogP contribution in [0.5, 0.6) is 0 Å². The Morgan fingerprint density at radius 3 is 2.20 bits per heavy atom. The van der Waals surface area contributed by atoms with Crippen molar-refractivity contribution in [1.82, 2.24) is 5.65 Å². The highest BCUT2D eigenvalue weighted by atomic mass is 19.2. The van der Waals surface area contributed by atoms with E-state index in [2.05, 4.69) is 5.43 Å². The molecule has 0 saturated heterocycles. The molecule has 10 heavy (non-hydrogen) atoms. The van der Waals surface area contributed by atoms with Crippen LogP contribution in [-0.2, 0) is 0 Å². The lowest BCUT2D eigenvalue weighted by atomic mass is 10.3. The SMILES string of the molecule is FNNc1ccc(F)cc1. The minimum Gasteiger partial charge on any atom is -0.295 e. The lowest BCUT2D eigenvalue weighted by Gasteiger charge is -1.98. The van der Waals surface area contributed by atoms with Crippen molar-refractivity contribution >= 4 is 5.69 Å². The molecule has 0 fully saturated rings. The van der Waals surface area contributed by atoms with Crippen LogP contribution in [0.4, 0.5) is 14.6 Å². The second-order valence-electron chi connectivity index (χ2n) is 1.73. The van der Waals surface area contributed by atoms with Gasteiger partial charge in [0.25, 0.3) is 0 Å². The first-order chi connectivity index (χ1) is 4.83. The number of rotatable bonds is 2. The van der Waals surface area contributed by atoms with Crippen molar-refractivity contribution in [1.29, 1.82) is 0 Å². The van der Waals surface area contributed by atoms with Gasteiger partial charge in [0.2, 0.25) is 0 Å². The Morgan fingerprint density at radius 1 is 1.10 bits per heavy atom. The summed E-state index contributed by atoms with van der Waals surface area (Å²) in [6.07, 6.45) is 0. The van der Waals surface area contributed by atoms with E-state index in [1.807, 2.05) is 0 Å². The number of nitrogens with one attached hydrogen (secondary N) is 2. The van der Waals surface area contributed by atoms with E-state index in [9.17, 15) is 8.87 Å². The van der Waals surface area contributed by atoms with Gasteiger partial charge in [-0.2, -0.15) is 0 Å². The number of hydrogen-bond donors (Lipinski definition) is 2. The average Bonchev–Trinajstić information content (AvgIpc) is 1.95. The lowest BCUT2D eigenvalue weighted by Crippen LogP contribution is -2.09. The van der Waals surface area contributed by atoms with E-state index in [-0.39, 0.29) is 5.82 Å². The van der Waals surface area contributed by atoms with Crippen LogP contribution in [-0.4, -0.2) is 0 Å². The molecular formula is C6H6F2N2. The highest BCUT2D eigenvalue weighted by molar-refractivity contribution is 5.41. The molecule has 0 amide bonds. The summed E-state index contributed by atoms with van der Waals surface area (Å²) in [6, 6.07) is 5.31. The van der Waals surface area contributed by atoms with Crippen molar-refractivity contribution in [3.8, 4) is 0 Å². The van der Waals surface area contributed by atoms with Gasteiger partial charge >= 0.3 is 0 Å². The smallest absolute Gasteiger partial charge is 0.123 e. The van der Waals surface area contributed by atoms with Crippen molar-refractivity contribution in [2.45, 2.75) is 0 Å². The monoisotopic (exact) mass is 144 g/mol. The maximum atomic E-state index is 12.2. The third-order valence-electron chi connectivity index (χ3n) is 1.04. The number of halogens is 2. The van der Waals surface area contributed by atoms with E-state index in [0.717, 1.165) is 0 Å². The molecular weight excluding hydrogens is 138 g/mol. The average molecular weight is 144 g/mol. The minimum atomic E-state index is -0.343. The second-order valence-corrected chi connectivity index (χ2v) is 1.73. The summed E-state index contributed by atoms with van der Waals surface area (Å²) in [6.45, 7) is 0. The molecule has 54 valence electrons. The molecule has 0 spiro atoms. The van der Waals surface area contributed by atoms with Crippen molar-refractivity contribution in [3.05, 3.63) is 30.1 Å². The molecule has 2 N–H and O–H groups in total. The molecule has 1 aromatic carbocycles. The molecule has 1 rings (SSSR count). The fourth-order valence-electron chi connectivity index (χ4n) is 0.588. The number of anilines is 1. The van der Waals surface area contributed by atoms with Gasteiger partial charge in [0.05, 0.1) is 5.69 Å². The molecule has 0 aliphatic rings. The predicted molar refractivity (Wildman–Crippen MR) is 34.3 cm³/mol. The highest BCUT2D eigenvalue weighted by Crippen LogP contribution is 2.05. The maximum absolute atomic E-state index is 12.2. The summed E-state index contributed by atoms with van der Waals surface area (Å²) in [4.78, 5) is 0. The standard InChI is InChI=1S/C6H6F2N2/c7-5-1-3-6(4-2-5)9-10-8/h1-4,9-10H. The minimum absolute atomic E-state index is 0.343. The molecule has 0 radical (unpaired) electrons. The normalized spacial score (nSPS) is 9.40. The Bertz CT molecular complexity index is 197. The number of hydrazine groups is 1. The fourth-order valence-corrected chi connectivity index (χ4v) is 0.588. The van der Waals surface area contributed by atoms with Gasteiger partial charge in [-0.15, -0.1) is 4.48 Å². The zero-order chi connectivity index (χ0) is 7.40. The Balaban J connectivity index is 2.69. The van der Waals surface area contributed by atoms with Crippen LogP contribution in [0.3, 0.4) is 0 Å². The van der Waals surface area contributed by atoms with Gasteiger partial charge in [0.15, 0.2) is 0 Å². The van der Waals surface area contributed by atoms with E-state index >= 15 is 0 Å². The van der Waals surface area contributed by atoms with Gasteiger partial charge in [-0.1, -0.05) is 5.65 Å². The molecule has 0 bridgehead atoms. The molecule has 4 heteroatoms. The first-order valence-electron chi connectivity index (χ1n) is 2.70. The quantitative estimate of drug-likeness (QED) is 0.487. The van der Waals surface area contributed by atoms with Crippen LogP contribution in [0.2, 0.25) is 0 Å². The lowest BCUT2D eigenvalue weighted by molar-refractivity contribution is 0.376. The molecule has 0 saturated carbocycles. The van der Waals surface area contributed by atoms with Gasteiger partial charge in [0.1, 0.15) is 5.82 Å². The summed E-state index contributed by atoms with van der Waals surface area (Å²) in [7, 11) is 0. The summed E-state index contributed by atoms with van der Waals surface area (Å²) < 4.78 is 23.5. The largest absolute Gasteiger partial charge is 0.295 e. The Hall–Kier alpha value is -1.16. The van der Waals surface area contributed by atoms with E-state index in [0.29, 0.717) is 5.69 Å². The van der Waals surface area contributed by atoms with E-state index < -0.39 is 0 Å². The highest BCUT2D eigenvalue weighted by Gasteiger charge is 1.89. The van der Waals surface area contributed by atoms with Crippen LogP contribution >= 0.6 is 0 Å². The van der Waals surface area contributed by atoms with E-state index in [1.54, 1.807) is 0 Å². The van der Waals surface area contributed by atoms with Gasteiger partial charge in [-0.05, 0) is 24.3 Å². The number of hydrogen-bond acceptors (Lipinski definition) is 2.